The highest BCUT2D eigenvalue weighted by Crippen LogP contribution is 2.34. The Morgan fingerprint density at radius 3 is 3.15 bits per heavy atom. The van der Waals surface area contributed by atoms with Crippen LogP contribution in [0.3, 0.4) is 0 Å². The fourth-order valence-corrected chi connectivity index (χ4v) is 2.60. The number of rotatable bonds is 4. The van der Waals surface area contributed by atoms with Gasteiger partial charge in [-0.25, -0.2) is 0 Å². The van der Waals surface area contributed by atoms with Crippen molar-refractivity contribution in [1.29, 1.82) is 0 Å². The van der Waals surface area contributed by atoms with Crippen LogP contribution in [0, 0.1) is 0 Å². The molecule has 1 unspecified atom stereocenters. The van der Waals surface area contributed by atoms with E-state index in [-0.39, 0.29) is 0 Å². The number of benzene rings is 1. The lowest BCUT2D eigenvalue weighted by Crippen LogP contribution is -2.05. The van der Waals surface area contributed by atoms with Gasteiger partial charge in [-0.15, -0.1) is 0 Å². The second kappa shape index (κ2) is 5.51. The molecule has 4 nitrogen and oxygen atoms in total. The van der Waals surface area contributed by atoms with Crippen LogP contribution in [-0.2, 0) is 6.42 Å². The SMILES string of the molecule is CCOc1cncc(C(O)c2cccc3c2NCC3)c1. The van der Waals surface area contributed by atoms with E-state index in [1.165, 1.54) is 5.56 Å². The molecular formula is C16H18N2O2. The quantitative estimate of drug-likeness (QED) is 0.896. The molecular weight excluding hydrogens is 252 g/mol. The summed E-state index contributed by atoms with van der Waals surface area (Å²) in [5, 5.41) is 14.0. The second-order valence-electron chi connectivity index (χ2n) is 4.85. The van der Waals surface area contributed by atoms with E-state index in [4.69, 9.17) is 4.74 Å². The number of fused-ring (bicyclic) bond motifs is 1. The molecule has 2 aromatic rings. The Hall–Kier alpha value is -2.07. The monoisotopic (exact) mass is 270 g/mol. The summed E-state index contributed by atoms with van der Waals surface area (Å²) < 4.78 is 5.44. The Morgan fingerprint density at radius 2 is 2.30 bits per heavy atom. The fraction of sp³-hybridized carbons (Fsp3) is 0.312. The number of aromatic nitrogens is 1. The molecule has 0 aliphatic carbocycles. The second-order valence-corrected chi connectivity index (χ2v) is 4.85. The number of hydrogen-bond donors (Lipinski definition) is 2. The number of ether oxygens (including phenoxy) is 1. The lowest BCUT2D eigenvalue weighted by molar-refractivity contribution is 0.219. The summed E-state index contributed by atoms with van der Waals surface area (Å²) in [4.78, 5) is 4.14. The molecule has 0 saturated heterocycles. The Balaban J connectivity index is 1.95. The van der Waals surface area contributed by atoms with Crippen LogP contribution >= 0.6 is 0 Å². The van der Waals surface area contributed by atoms with Crippen molar-refractivity contribution >= 4 is 5.69 Å². The van der Waals surface area contributed by atoms with Gasteiger partial charge in [0.2, 0.25) is 0 Å². The molecule has 1 aromatic carbocycles. The third-order valence-corrected chi connectivity index (χ3v) is 3.53. The highest BCUT2D eigenvalue weighted by molar-refractivity contribution is 5.63. The molecule has 1 aromatic heterocycles. The van der Waals surface area contributed by atoms with Gasteiger partial charge in [0.15, 0.2) is 0 Å². The minimum Gasteiger partial charge on any atom is -0.492 e. The molecule has 0 saturated carbocycles. The Bertz CT molecular complexity index is 613. The summed E-state index contributed by atoms with van der Waals surface area (Å²) in [5.41, 5.74) is 3.96. The molecule has 1 atom stereocenters. The predicted octanol–water partition coefficient (Wildman–Crippen LogP) is 2.53. The maximum atomic E-state index is 10.6. The van der Waals surface area contributed by atoms with Crippen LogP contribution in [0.25, 0.3) is 0 Å². The van der Waals surface area contributed by atoms with E-state index in [2.05, 4.69) is 16.4 Å². The normalized spacial score (nSPS) is 14.5. The molecule has 2 N–H and O–H groups in total. The highest BCUT2D eigenvalue weighted by atomic mass is 16.5. The number of para-hydroxylation sites is 1. The Morgan fingerprint density at radius 1 is 1.40 bits per heavy atom. The molecule has 1 aliphatic heterocycles. The molecule has 4 heteroatoms. The first kappa shape index (κ1) is 12.9. The van der Waals surface area contributed by atoms with Crippen molar-refractivity contribution < 1.29 is 9.84 Å². The van der Waals surface area contributed by atoms with Crippen LogP contribution in [0.1, 0.15) is 29.7 Å². The lowest BCUT2D eigenvalue weighted by Gasteiger charge is -2.16. The smallest absolute Gasteiger partial charge is 0.137 e. The van der Waals surface area contributed by atoms with Crippen LogP contribution in [0.2, 0.25) is 0 Å². The zero-order valence-corrected chi connectivity index (χ0v) is 11.5. The fourth-order valence-electron chi connectivity index (χ4n) is 2.60. The number of pyridine rings is 1. The summed E-state index contributed by atoms with van der Waals surface area (Å²) in [7, 11) is 0. The van der Waals surface area contributed by atoms with Gasteiger partial charge < -0.3 is 15.2 Å². The van der Waals surface area contributed by atoms with Crippen LogP contribution in [0.4, 0.5) is 5.69 Å². The van der Waals surface area contributed by atoms with E-state index in [9.17, 15) is 5.11 Å². The van der Waals surface area contributed by atoms with E-state index in [1.54, 1.807) is 12.4 Å². The standard InChI is InChI=1S/C16H18N2O2/c1-2-20-13-8-12(9-17-10-13)16(19)14-5-3-4-11-6-7-18-15(11)14/h3-5,8-10,16,18-19H,2,6-7H2,1H3. The summed E-state index contributed by atoms with van der Waals surface area (Å²) in [6.07, 6.45) is 3.66. The molecule has 0 spiro atoms. The highest BCUT2D eigenvalue weighted by Gasteiger charge is 2.20. The molecule has 0 amide bonds. The summed E-state index contributed by atoms with van der Waals surface area (Å²) in [6.45, 7) is 3.44. The number of aliphatic hydroxyl groups is 1. The van der Waals surface area contributed by atoms with Gasteiger partial charge in [-0.2, -0.15) is 0 Å². The van der Waals surface area contributed by atoms with E-state index >= 15 is 0 Å². The number of nitrogens with zero attached hydrogens (tertiary/aromatic N) is 1. The molecule has 3 rings (SSSR count). The number of nitrogens with one attached hydrogen (secondary N) is 1. The third kappa shape index (κ3) is 2.34. The van der Waals surface area contributed by atoms with E-state index < -0.39 is 6.10 Å². The molecule has 104 valence electrons. The van der Waals surface area contributed by atoms with Crippen molar-refractivity contribution in [1.82, 2.24) is 4.98 Å². The van der Waals surface area contributed by atoms with E-state index in [1.807, 2.05) is 25.1 Å². The number of anilines is 1. The van der Waals surface area contributed by atoms with Gasteiger partial charge in [-0.3, -0.25) is 4.98 Å². The summed E-state index contributed by atoms with van der Waals surface area (Å²) in [6, 6.07) is 7.88. The molecule has 1 aliphatic rings. The average molecular weight is 270 g/mol. The Labute approximate surface area is 118 Å². The predicted molar refractivity (Wildman–Crippen MR) is 78.1 cm³/mol. The largest absolute Gasteiger partial charge is 0.492 e. The van der Waals surface area contributed by atoms with Gasteiger partial charge in [0, 0.05) is 29.6 Å². The number of hydrogen-bond acceptors (Lipinski definition) is 4. The molecule has 0 bridgehead atoms. The van der Waals surface area contributed by atoms with Gasteiger partial charge in [-0.1, -0.05) is 18.2 Å². The first-order valence-corrected chi connectivity index (χ1v) is 6.91. The Kier molecular flexibility index (Phi) is 3.56. The number of aliphatic hydroxyl groups excluding tert-OH is 1. The van der Waals surface area contributed by atoms with E-state index in [0.29, 0.717) is 12.4 Å². The molecule has 20 heavy (non-hydrogen) atoms. The first-order chi connectivity index (χ1) is 9.79. The summed E-state index contributed by atoms with van der Waals surface area (Å²) >= 11 is 0. The van der Waals surface area contributed by atoms with Gasteiger partial charge in [0.05, 0.1) is 12.8 Å². The minimum absolute atomic E-state index is 0.587. The summed E-state index contributed by atoms with van der Waals surface area (Å²) in [5.74, 6) is 0.685. The van der Waals surface area contributed by atoms with Crippen molar-refractivity contribution in [2.24, 2.45) is 0 Å². The lowest BCUT2D eigenvalue weighted by atomic mass is 9.99. The zero-order chi connectivity index (χ0) is 13.9. The van der Waals surface area contributed by atoms with Crippen molar-refractivity contribution in [2.45, 2.75) is 19.4 Å². The van der Waals surface area contributed by atoms with Crippen molar-refractivity contribution in [3.63, 3.8) is 0 Å². The first-order valence-electron chi connectivity index (χ1n) is 6.91. The van der Waals surface area contributed by atoms with Crippen molar-refractivity contribution in [3.8, 4) is 5.75 Å². The van der Waals surface area contributed by atoms with Gasteiger partial charge in [0.25, 0.3) is 0 Å². The van der Waals surface area contributed by atoms with Crippen LogP contribution in [0.15, 0.2) is 36.7 Å². The van der Waals surface area contributed by atoms with Crippen LogP contribution in [-0.4, -0.2) is 23.2 Å². The minimum atomic E-state index is -0.691. The van der Waals surface area contributed by atoms with Crippen molar-refractivity contribution in [3.05, 3.63) is 53.3 Å². The van der Waals surface area contributed by atoms with E-state index in [0.717, 1.165) is 29.8 Å². The molecule has 0 radical (unpaired) electrons. The van der Waals surface area contributed by atoms with Gasteiger partial charge in [0.1, 0.15) is 11.9 Å². The van der Waals surface area contributed by atoms with Gasteiger partial charge in [-0.05, 0) is 25.0 Å². The van der Waals surface area contributed by atoms with Gasteiger partial charge >= 0.3 is 0 Å². The average Bonchev–Trinajstić information content (AvgIpc) is 2.95. The van der Waals surface area contributed by atoms with Crippen molar-refractivity contribution in [2.75, 3.05) is 18.5 Å². The van der Waals surface area contributed by atoms with Crippen LogP contribution < -0.4 is 10.1 Å². The van der Waals surface area contributed by atoms with Crippen LogP contribution in [0.5, 0.6) is 5.75 Å². The maximum Gasteiger partial charge on any atom is 0.137 e. The maximum absolute atomic E-state index is 10.6. The topological polar surface area (TPSA) is 54.4 Å². The third-order valence-electron chi connectivity index (χ3n) is 3.53. The zero-order valence-electron chi connectivity index (χ0n) is 11.5. The molecule has 2 heterocycles. The molecule has 0 fully saturated rings.